The van der Waals surface area contributed by atoms with Crippen LogP contribution in [0.3, 0.4) is 0 Å². The van der Waals surface area contributed by atoms with E-state index in [1.165, 1.54) is 24.6 Å². The Balaban J connectivity index is 1.24. The Kier molecular flexibility index (Phi) is 7.86. The molecule has 6 rings (SSSR count). The lowest BCUT2D eigenvalue weighted by atomic mass is 10.0. The maximum absolute atomic E-state index is 12.7. The summed E-state index contributed by atoms with van der Waals surface area (Å²) in [5.41, 5.74) is 4.63. The van der Waals surface area contributed by atoms with Crippen molar-refractivity contribution in [1.82, 2.24) is 19.8 Å². The molecule has 3 aliphatic rings. The summed E-state index contributed by atoms with van der Waals surface area (Å²) in [6.45, 7) is 9.41. The lowest BCUT2D eigenvalue weighted by molar-refractivity contribution is -0.113. The van der Waals surface area contributed by atoms with Gasteiger partial charge < -0.3 is 9.80 Å². The number of benzene rings is 2. The Morgan fingerprint density at radius 2 is 1.77 bits per heavy atom. The molecule has 0 bridgehead atoms. The standard InChI is InChI=1S/C30H33ClN6OS/c1-2-10-35-13-15-36(16-14-35)26-9-7-22(19-24(26)31)28-23-17-21(6-8-25(23)32-20-33-28)18-27-29(38)34-30(39-27)37-11-4-3-5-12-37/h6-9,17-20H,2-5,10-16H2,1H3. The van der Waals surface area contributed by atoms with Crippen molar-refractivity contribution in [2.45, 2.75) is 32.6 Å². The largest absolute Gasteiger partial charge is 0.368 e. The van der Waals surface area contributed by atoms with E-state index in [0.29, 0.717) is 4.91 Å². The van der Waals surface area contributed by atoms with E-state index in [-0.39, 0.29) is 5.91 Å². The number of anilines is 1. The number of hydrogen-bond donors (Lipinski definition) is 0. The van der Waals surface area contributed by atoms with Crippen molar-refractivity contribution in [3.8, 4) is 11.3 Å². The third kappa shape index (κ3) is 5.69. The number of aromatic nitrogens is 2. The Labute approximate surface area is 239 Å². The molecular weight excluding hydrogens is 528 g/mol. The number of rotatable bonds is 5. The van der Waals surface area contributed by atoms with E-state index in [0.717, 1.165) is 102 Å². The number of carbonyl (C=O) groups excluding carboxylic acids is 1. The number of amides is 1. The molecule has 9 heteroatoms. The monoisotopic (exact) mass is 560 g/mol. The zero-order chi connectivity index (χ0) is 26.8. The van der Waals surface area contributed by atoms with Crippen LogP contribution in [0.2, 0.25) is 5.02 Å². The van der Waals surface area contributed by atoms with Gasteiger partial charge in [0.2, 0.25) is 0 Å². The Morgan fingerprint density at radius 3 is 2.54 bits per heavy atom. The van der Waals surface area contributed by atoms with E-state index in [1.807, 2.05) is 24.3 Å². The third-order valence-electron chi connectivity index (χ3n) is 7.67. The SMILES string of the molecule is CCCN1CCN(c2ccc(-c3ncnc4ccc(C=C5SC(N6CCCCC6)=NC5=O)cc34)cc2Cl)CC1. The van der Waals surface area contributed by atoms with Gasteiger partial charge in [0.15, 0.2) is 5.17 Å². The molecule has 2 fully saturated rings. The minimum atomic E-state index is -0.164. The zero-order valence-electron chi connectivity index (χ0n) is 22.3. The number of carbonyl (C=O) groups is 1. The molecule has 2 saturated heterocycles. The number of nitrogens with zero attached hydrogens (tertiary/aromatic N) is 6. The highest BCUT2D eigenvalue weighted by molar-refractivity contribution is 8.18. The summed E-state index contributed by atoms with van der Waals surface area (Å²) in [5, 5.41) is 2.49. The number of piperidine rings is 1. The normalized spacial score (nSPS) is 19.8. The number of halogens is 1. The van der Waals surface area contributed by atoms with Crippen LogP contribution in [0.25, 0.3) is 28.2 Å². The minimum Gasteiger partial charge on any atom is -0.368 e. The van der Waals surface area contributed by atoms with Crippen molar-refractivity contribution in [2.75, 3.05) is 50.7 Å². The van der Waals surface area contributed by atoms with E-state index in [9.17, 15) is 4.79 Å². The lowest BCUT2D eigenvalue weighted by Crippen LogP contribution is -2.46. The van der Waals surface area contributed by atoms with Crippen LogP contribution in [-0.2, 0) is 4.79 Å². The van der Waals surface area contributed by atoms with Gasteiger partial charge in [0.05, 0.1) is 26.8 Å². The summed E-state index contributed by atoms with van der Waals surface area (Å²) in [5.74, 6) is -0.164. The summed E-state index contributed by atoms with van der Waals surface area (Å²) in [6.07, 6.45) is 8.26. The van der Waals surface area contributed by atoms with Crippen LogP contribution in [0.15, 0.2) is 52.6 Å². The van der Waals surface area contributed by atoms with E-state index in [2.05, 4.69) is 54.8 Å². The van der Waals surface area contributed by atoms with Crippen molar-refractivity contribution >= 4 is 57.1 Å². The Morgan fingerprint density at radius 1 is 0.949 bits per heavy atom. The average molecular weight is 561 g/mol. The molecule has 202 valence electrons. The van der Waals surface area contributed by atoms with E-state index in [1.54, 1.807) is 6.33 Å². The van der Waals surface area contributed by atoms with E-state index >= 15 is 0 Å². The van der Waals surface area contributed by atoms with Crippen LogP contribution in [0.4, 0.5) is 5.69 Å². The van der Waals surface area contributed by atoms with Gasteiger partial charge in [0, 0.05) is 50.2 Å². The molecule has 0 N–H and O–H groups in total. The van der Waals surface area contributed by atoms with Crippen molar-refractivity contribution in [3.05, 3.63) is 58.2 Å². The molecule has 2 aromatic carbocycles. The molecule has 0 radical (unpaired) electrons. The van der Waals surface area contributed by atoms with Gasteiger partial charge in [-0.05, 0) is 79.9 Å². The van der Waals surface area contributed by atoms with Crippen LogP contribution in [0.1, 0.15) is 38.2 Å². The molecule has 3 aromatic rings. The summed E-state index contributed by atoms with van der Waals surface area (Å²) in [4.78, 5) is 33.9. The predicted molar refractivity (Wildman–Crippen MR) is 162 cm³/mol. The first kappa shape index (κ1) is 26.3. The highest BCUT2D eigenvalue weighted by Gasteiger charge is 2.27. The fourth-order valence-electron chi connectivity index (χ4n) is 5.60. The second-order valence-corrected chi connectivity index (χ2v) is 11.8. The molecule has 0 saturated carbocycles. The smallest absolute Gasteiger partial charge is 0.286 e. The maximum Gasteiger partial charge on any atom is 0.286 e. The fraction of sp³-hybridized carbons (Fsp3) is 0.400. The minimum absolute atomic E-state index is 0.164. The van der Waals surface area contributed by atoms with Crippen molar-refractivity contribution in [3.63, 3.8) is 0 Å². The summed E-state index contributed by atoms with van der Waals surface area (Å²) >= 11 is 8.31. The Hall–Kier alpha value is -2.94. The second-order valence-electron chi connectivity index (χ2n) is 10.4. The fourth-order valence-corrected chi connectivity index (χ4v) is 6.87. The van der Waals surface area contributed by atoms with E-state index in [4.69, 9.17) is 11.6 Å². The molecule has 0 unspecified atom stereocenters. The van der Waals surface area contributed by atoms with Crippen LogP contribution in [-0.4, -0.2) is 76.7 Å². The molecule has 39 heavy (non-hydrogen) atoms. The second kappa shape index (κ2) is 11.7. The number of piperazine rings is 1. The summed E-state index contributed by atoms with van der Waals surface area (Å²) in [6, 6.07) is 12.3. The lowest BCUT2D eigenvalue weighted by Gasteiger charge is -2.36. The number of hydrogen-bond acceptors (Lipinski definition) is 7. The molecule has 0 spiro atoms. The maximum atomic E-state index is 12.7. The van der Waals surface area contributed by atoms with Gasteiger partial charge in [0.25, 0.3) is 5.91 Å². The van der Waals surface area contributed by atoms with Gasteiger partial charge >= 0.3 is 0 Å². The van der Waals surface area contributed by atoms with Gasteiger partial charge in [-0.1, -0.05) is 30.7 Å². The molecule has 0 aliphatic carbocycles. The first-order chi connectivity index (χ1) is 19.1. The van der Waals surface area contributed by atoms with Crippen LogP contribution in [0.5, 0.6) is 0 Å². The first-order valence-electron chi connectivity index (χ1n) is 13.9. The molecular formula is C30H33ClN6OS. The average Bonchev–Trinajstić information content (AvgIpc) is 3.33. The van der Waals surface area contributed by atoms with Crippen LogP contribution < -0.4 is 4.90 Å². The number of amidine groups is 1. The topological polar surface area (TPSA) is 64.9 Å². The highest BCUT2D eigenvalue weighted by Crippen LogP contribution is 2.35. The molecule has 1 aromatic heterocycles. The predicted octanol–water partition coefficient (Wildman–Crippen LogP) is 5.94. The summed E-state index contributed by atoms with van der Waals surface area (Å²) < 4.78 is 0. The Bertz CT molecular complexity index is 1440. The summed E-state index contributed by atoms with van der Waals surface area (Å²) in [7, 11) is 0. The number of likely N-dealkylation sites (tertiary alicyclic amines) is 1. The third-order valence-corrected chi connectivity index (χ3v) is 9.01. The van der Waals surface area contributed by atoms with Gasteiger partial charge in [-0.25, -0.2) is 9.97 Å². The van der Waals surface area contributed by atoms with Crippen molar-refractivity contribution in [1.29, 1.82) is 0 Å². The van der Waals surface area contributed by atoms with Crippen molar-refractivity contribution < 1.29 is 4.79 Å². The highest BCUT2D eigenvalue weighted by atomic mass is 35.5. The van der Waals surface area contributed by atoms with E-state index < -0.39 is 0 Å². The molecule has 3 aliphatic heterocycles. The van der Waals surface area contributed by atoms with Crippen molar-refractivity contribution in [2.24, 2.45) is 4.99 Å². The van der Waals surface area contributed by atoms with Crippen LogP contribution >= 0.6 is 23.4 Å². The van der Waals surface area contributed by atoms with Gasteiger partial charge in [-0.3, -0.25) is 9.69 Å². The van der Waals surface area contributed by atoms with Gasteiger partial charge in [-0.2, -0.15) is 4.99 Å². The van der Waals surface area contributed by atoms with Crippen LogP contribution in [0, 0.1) is 0 Å². The molecule has 1 amide bonds. The van der Waals surface area contributed by atoms with Gasteiger partial charge in [0.1, 0.15) is 6.33 Å². The molecule has 7 nitrogen and oxygen atoms in total. The molecule has 0 atom stereocenters. The van der Waals surface area contributed by atoms with Gasteiger partial charge in [-0.15, -0.1) is 0 Å². The quantitative estimate of drug-likeness (QED) is 0.358. The first-order valence-corrected chi connectivity index (χ1v) is 15.1. The number of aliphatic imine (C=N–C) groups is 1. The zero-order valence-corrected chi connectivity index (χ0v) is 23.8. The number of thioether (sulfide) groups is 1. The number of fused-ring (bicyclic) bond motifs is 1. The molecule has 4 heterocycles.